The van der Waals surface area contributed by atoms with Gasteiger partial charge in [0.1, 0.15) is 6.54 Å². The van der Waals surface area contributed by atoms with Crippen LogP contribution < -0.4 is 4.90 Å². The molecule has 1 N–H and O–H groups in total. The molecule has 0 fully saturated rings. The number of nitrogens with zero attached hydrogens (tertiary/aromatic N) is 1. The highest BCUT2D eigenvalue weighted by Crippen LogP contribution is 2.27. The predicted molar refractivity (Wildman–Crippen MR) is 86.3 cm³/mol. The normalized spacial score (nSPS) is 10.4. The number of carbonyl (C=O) groups is 1. The predicted octanol–water partition coefficient (Wildman–Crippen LogP) is 4.39. The second kappa shape index (κ2) is 6.83. The number of carboxylic acids is 1. The Balaban J connectivity index is 2.32. The Labute approximate surface area is 133 Å². The van der Waals surface area contributed by atoms with Gasteiger partial charge in [-0.3, -0.25) is 4.79 Å². The molecule has 0 bridgehead atoms. The summed E-state index contributed by atoms with van der Waals surface area (Å²) in [5.74, 6) is -0.904. The summed E-state index contributed by atoms with van der Waals surface area (Å²) in [7, 11) is 0. The molecule has 0 aliphatic carbocycles. The van der Waals surface area contributed by atoms with Crippen LogP contribution in [0.1, 0.15) is 11.1 Å². The van der Waals surface area contributed by atoms with Crippen molar-refractivity contribution in [3.05, 3.63) is 63.6 Å². The topological polar surface area (TPSA) is 40.5 Å². The summed E-state index contributed by atoms with van der Waals surface area (Å²) in [6.45, 7) is 2.20. The molecule has 2 rings (SSSR count). The van der Waals surface area contributed by atoms with Crippen LogP contribution in [0.4, 0.5) is 5.69 Å². The van der Waals surface area contributed by atoms with Gasteiger partial charge in [-0.1, -0.05) is 47.0 Å². The van der Waals surface area contributed by atoms with Gasteiger partial charge in [-0.2, -0.15) is 0 Å². The third kappa shape index (κ3) is 4.13. The summed E-state index contributed by atoms with van der Waals surface area (Å²) >= 11 is 12.3. The Bertz CT molecular complexity index is 621. The van der Waals surface area contributed by atoms with Crippen LogP contribution in [0.15, 0.2) is 42.5 Å². The van der Waals surface area contributed by atoms with Crippen molar-refractivity contribution in [2.24, 2.45) is 0 Å². The molecule has 0 aromatic heterocycles. The Morgan fingerprint density at radius 2 is 1.67 bits per heavy atom. The summed E-state index contributed by atoms with van der Waals surface area (Å²) in [6.07, 6.45) is 0. The van der Waals surface area contributed by atoms with E-state index in [1.807, 2.05) is 31.2 Å². The van der Waals surface area contributed by atoms with Crippen LogP contribution in [0.3, 0.4) is 0 Å². The number of aliphatic carboxylic acids is 1. The Morgan fingerprint density at radius 3 is 2.19 bits per heavy atom. The van der Waals surface area contributed by atoms with Crippen molar-refractivity contribution >= 4 is 34.9 Å². The van der Waals surface area contributed by atoms with Crippen molar-refractivity contribution in [1.29, 1.82) is 0 Å². The smallest absolute Gasteiger partial charge is 0.323 e. The molecular weight excluding hydrogens is 309 g/mol. The number of halogens is 2. The molecule has 2 aromatic rings. The van der Waals surface area contributed by atoms with Crippen molar-refractivity contribution in [3.63, 3.8) is 0 Å². The van der Waals surface area contributed by atoms with E-state index in [4.69, 9.17) is 28.3 Å². The van der Waals surface area contributed by atoms with Crippen LogP contribution in [0.5, 0.6) is 0 Å². The number of hydrogen-bond donors (Lipinski definition) is 1. The third-order valence-electron chi connectivity index (χ3n) is 3.14. The largest absolute Gasteiger partial charge is 0.480 e. The van der Waals surface area contributed by atoms with E-state index in [0.717, 1.165) is 16.8 Å². The molecule has 0 amide bonds. The van der Waals surface area contributed by atoms with Gasteiger partial charge in [-0.15, -0.1) is 0 Å². The number of hydrogen-bond acceptors (Lipinski definition) is 2. The van der Waals surface area contributed by atoms with Crippen molar-refractivity contribution in [1.82, 2.24) is 0 Å². The highest BCUT2D eigenvalue weighted by molar-refractivity contribution is 6.36. The van der Waals surface area contributed by atoms with Crippen LogP contribution in [0, 0.1) is 6.92 Å². The monoisotopic (exact) mass is 323 g/mol. The van der Waals surface area contributed by atoms with E-state index < -0.39 is 5.97 Å². The maximum atomic E-state index is 11.1. The molecule has 2 aromatic carbocycles. The van der Waals surface area contributed by atoms with Gasteiger partial charge in [0.2, 0.25) is 0 Å². The summed E-state index contributed by atoms with van der Waals surface area (Å²) in [6, 6.07) is 12.9. The molecule has 0 saturated carbocycles. The van der Waals surface area contributed by atoms with E-state index in [2.05, 4.69) is 0 Å². The molecule has 5 heteroatoms. The fourth-order valence-corrected chi connectivity index (χ4v) is 2.55. The van der Waals surface area contributed by atoms with Crippen LogP contribution in [-0.2, 0) is 11.3 Å². The molecule has 0 radical (unpaired) electrons. The summed E-state index contributed by atoms with van der Waals surface area (Å²) in [5.41, 5.74) is 2.66. The standard InChI is InChI=1S/C16H15Cl2NO2/c1-11-5-7-12(8-6-11)19(10-16(20)21)9-13-14(17)3-2-4-15(13)18/h2-8H,9-10H2,1H3,(H,20,21). The zero-order chi connectivity index (χ0) is 15.4. The first kappa shape index (κ1) is 15.7. The molecule has 0 saturated heterocycles. The number of benzene rings is 2. The number of aryl methyl sites for hydroxylation is 1. The first-order chi connectivity index (χ1) is 9.97. The fraction of sp³-hybridized carbons (Fsp3) is 0.188. The lowest BCUT2D eigenvalue weighted by Gasteiger charge is -2.24. The first-order valence-corrected chi connectivity index (χ1v) is 7.19. The van der Waals surface area contributed by atoms with Gasteiger partial charge >= 0.3 is 5.97 Å². The maximum absolute atomic E-state index is 11.1. The quantitative estimate of drug-likeness (QED) is 0.886. The van der Waals surface area contributed by atoms with Gasteiger partial charge in [0.25, 0.3) is 0 Å². The van der Waals surface area contributed by atoms with Crippen molar-refractivity contribution < 1.29 is 9.90 Å². The van der Waals surface area contributed by atoms with E-state index in [1.54, 1.807) is 23.1 Å². The van der Waals surface area contributed by atoms with E-state index in [0.29, 0.717) is 16.6 Å². The average Bonchev–Trinajstić information content (AvgIpc) is 2.42. The molecule has 0 aliphatic rings. The summed E-state index contributed by atoms with van der Waals surface area (Å²) in [4.78, 5) is 12.8. The molecule has 0 spiro atoms. The van der Waals surface area contributed by atoms with Crippen molar-refractivity contribution in [3.8, 4) is 0 Å². The maximum Gasteiger partial charge on any atom is 0.323 e. The Kier molecular flexibility index (Phi) is 5.10. The lowest BCUT2D eigenvalue weighted by atomic mass is 10.1. The third-order valence-corrected chi connectivity index (χ3v) is 3.84. The Hall–Kier alpha value is -1.71. The van der Waals surface area contributed by atoms with Gasteiger partial charge in [-0.05, 0) is 31.2 Å². The zero-order valence-corrected chi connectivity index (χ0v) is 13.0. The second-order valence-electron chi connectivity index (χ2n) is 4.79. The molecule has 0 atom stereocenters. The van der Waals surface area contributed by atoms with Crippen LogP contribution in [-0.4, -0.2) is 17.6 Å². The van der Waals surface area contributed by atoms with Crippen molar-refractivity contribution in [2.45, 2.75) is 13.5 Å². The molecular formula is C16H15Cl2NO2. The average molecular weight is 324 g/mol. The highest BCUT2D eigenvalue weighted by Gasteiger charge is 2.15. The van der Waals surface area contributed by atoms with Gasteiger partial charge in [0.05, 0.1) is 0 Å². The van der Waals surface area contributed by atoms with Gasteiger partial charge in [0, 0.05) is 27.8 Å². The van der Waals surface area contributed by atoms with Crippen LogP contribution in [0.2, 0.25) is 10.0 Å². The van der Waals surface area contributed by atoms with E-state index in [1.165, 1.54) is 0 Å². The van der Waals surface area contributed by atoms with Crippen molar-refractivity contribution in [2.75, 3.05) is 11.4 Å². The zero-order valence-electron chi connectivity index (χ0n) is 11.5. The summed E-state index contributed by atoms with van der Waals surface area (Å²) < 4.78 is 0. The molecule has 0 aliphatic heterocycles. The minimum atomic E-state index is -0.904. The number of carboxylic acid groups (broad SMARTS) is 1. The van der Waals surface area contributed by atoms with E-state index >= 15 is 0 Å². The lowest BCUT2D eigenvalue weighted by Crippen LogP contribution is -2.29. The molecule has 21 heavy (non-hydrogen) atoms. The van der Waals surface area contributed by atoms with Gasteiger partial charge in [-0.25, -0.2) is 0 Å². The number of anilines is 1. The second-order valence-corrected chi connectivity index (χ2v) is 5.60. The number of rotatable bonds is 5. The molecule has 0 unspecified atom stereocenters. The minimum absolute atomic E-state index is 0.120. The van der Waals surface area contributed by atoms with E-state index in [-0.39, 0.29) is 6.54 Å². The van der Waals surface area contributed by atoms with Gasteiger partial charge in [0.15, 0.2) is 0 Å². The SMILES string of the molecule is Cc1ccc(N(CC(=O)O)Cc2c(Cl)cccc2Cl)cc1. The first-order valence-electron chi connectivity index (χ1n) is 6.43. The molecule has 0 heterocycles. The summed E-state index contributed by atoms with van der Waals surface area (Å²) in [5, 5.41) is 10.2. The van der Waals surface area contributed by atoms with Crippen LogP contribution in [0.25, 0.3) is 0 Å². The molecule has 3 nitrogen and oxygen atoms in total. The fourth-order valence-electron chi connectivity index (χ4n) is 2.03. The Morgan fingerprint density at radius 1 is 1.10 bits per heavy atom. The minimum Gasteiger partial charge on any atom is -0.480 e. The van der Waals surface area contributed by atoms with E-state index in [9.17, 15) is 4.79 Å². The molecule has 110 valence electrons. The lowest BCUT2D eigenvalue weighted by molar-refractivity contribution is -0.135. The highest BCUT2D eigenvalue weighted by atomic mass is 35.5. The van der Waals surface area contributed by atoms with Crippen LogP contribution >= 0.6 is 23.2 Å². The van der Waals surface area contributed by atoms with Gasteiger partial charge < -0.3 is 10.0 Å².